The minimum absolute atomic E-state index is 0.0702. The number of carbonyl (C=O) groups is 5. The summed E-state index contributed by atoms with van der Waals surface area (Å²) in [5.74, 6) is -3.49. The number of imidazole rings is 1. The Morgan fingerprint density at radius 3 is 1.95 bits per heavy atom. The van der Waals surface area contributed by atoms with Crippen molar-refractivity contribution in [3.63, 3.8) is 0 Å². The van der Waals surface area contributed by atoms with E-state index in [1.807, 2.05) is 11.7 Å². The molecule has 33 heteroatoms. The van der Waals surface area contributed by atoms with Gasteiger partial charge in [0.05, 0.1) is 59.7 Å². The minimum atomic E-state index is -4.44. The SMILES string of the molecule is CNCCCOCCOCCOCCCNC(=O)CCC(NC(=O)c1ccc(N/N=C/c2ccccc2S(=O)(=O)O)nc1)C(=O)O.CS(=O)(=O)c1ccc(-c2ccc(S(=O)(=O)NC(CNC(=O)c3ccc4c(cnn4CCCNc4ncc[nH]4)c3)C(=O)O)cc2)cc1. The molecule has 2 atom stereocenters. The summed E-state index contributed by atoms with van der Waals surface area (Å²) in [7, 11) is -10.2. The summed E-state index contributed by atoms with van der Waals surface area (Å²) in [6, 6.07) is 22.3. The smallest absolute Gasteiger partial charge is 0.326 e. The molecule has 11 N–H and O–H groups in total. The molecule has 0 aliphatic rings. The topological polar surface area (TPSA) is 432 Å². The van der Waals surface area contributed by atoms with Gasteiger partial charge >= 0.3 is 11.9 Å². The van der Waals surface area contributed by atoms with Crippen LogP contribution in [0.3, 0.4) is 0 Å². The van der Waals surface area contributed by atoms with E-state index in [0.717, 1.165) is 36.5 Å². The molecule has 0 saturated heterocycles. The van der Waals surface area contributed by atoms with Gasteiger partial charge in [0.15, 0.2) is 15.8 Å². The number of carboxylic acids is 2. The van der Waals surface area contributed by atoms with E-state index in [2.05, 4.69) is 61.9 Å². The number of aryl methyl sites for hydroxylation is 1. The third-order valence-corrected chi connectivity index (χ3v) is 16.7. The van der Waals surface area contributed by atoms with Gasteiger partial charge in [0, 0.05) is 87.2 Å². The second-order valence-corrected chi connectivity index (χ2v) is 25.2. The number of aliphatic carboxylic acids is 2. The number of amides is 3. The van der Waals surface area contributed by atoms with Crippen LogP contribution >= 0.6 is 0 Å². The average molecular weight is 1330 g/mol. The highest BCUT2D eigenvalue weighted by Crippen LogP contribution is 2.24. The number of sulfonamides is 1. The molecule has 2 unspecified atom stereocenters. The number of aromatic amines is 1. The zero-order valence-electron chi connectivity index (χ0n) is 50.2. The predicted molar refractivity (Wildman–Crippen MR) is 339 cm³/mol. The molecule has 7 rings (SSSR count). The number of H-pyrrole nitrogens is 1. The number of anilines is 2. The third kappa shape index (κ3) is 24.0. The molecule has 0 aliphatic heterocycles. The van der Waals surface area contributed by atoms with Gasteiger partial charge in [-0.05, 0) is 111 Å². The van der Waals surface area contributed by atoms with Gasteiger partial charge in [-0.25, -0.2) is 31.6 Å². The molecule has 3 amide bonds. The van der Waals surface area contributed by atoms with Crippen molar-refractivity contribution in [1.29, 1.82) is 0 Å². The summed E-state index contributed by atoms with van der Waals surface area (Å²) in [5, 5.41) is 42.0. The van der Waals surface area contributed by atoms with E-state index in [4.69, 9.17) is 14.2 Å². The fourth-order valence-corrected chi connectivity index (χ4v) is 10.9. The Bertz CT molecular complexity index is 3910. The fraction of sp³-hybridized carbons (Fsp3) is 0.339. The molecule has 0 bridgehead atoms. The van der Waals surface area contributed by atoms with Gasteiger partial charge in [0.2, 0.25) is 15.9 Å². The highest BCUT2D eigenvalue weighted by Gasteiger charge is 2.27. The minimum Gasteiger partial charge on any atom is -0.480 e. The molecule has 494 valence electrons. The first kappa shape index (κ1) is 72.0. The lowest BCUT2D eigenvalue weighted by Crippen LogP contribution is -2.48. The molecule has 92 heavy (non-hydrogen) atoms. The van der Waals surface area contributed by atoms with Gasteiger partial charge in [-0.15, -0.1) is 0 Å². The first-order valence-electron chi connectivity index (χ1n) is 28.6. The quantitative estimate of drug-likeness (QED) is 0.0114. The summed E-state index contributed by atoms with van der Waals surface area (Å²) < 4.78 is 102. The zero-order chi connectivity index (χ0) is 66.5. The number of ether oxygens (including phenoxy) is 3. The molecule has 0 fully saturated rings. The normalized spacial score (nSPS) is 12.3. The Morgan fingerprint density at radius 2 is 1.34 bits per heavy atom. The van der Waals surface area contributed by atoms with E-state index in [-0.39, 0.29) is 55.9 Å². The van der Waals surface area contributed by atoms with Gasteiger partial charge in [-0.1, -0.05) is 42.5 Å². The van der Waals surface area contributed by atoms with E-state index in [1.54, 1.807) is 55.0 Å². The number of benzene rings is 4. The Kier molecular flexibility index (Phi) is 28.3. The van der Waals surface area contributed by atoms with Crippen LogP contribution in [0.1, 0.15) is 58.4 Å². The van der Waals surface area contributed by atoms with Crippen molar-refractivity contribution >= 4 is 88.5 Å². The number of hydrogen-bond donors (Lipinski definition) is 11. The van der Waals surface area contributed by atoms with Crippen molar-refractivity contribution in [1.82, 2.24) is 50.7 Å². The van der Waals surface area contributed by atoms with Crippen molar-refractivity contribution in [3.05, 3.63) is 145 Å². The number of aromatic nitrogens is 5. The molecular weight excluding hydrogens is 1260 g/mol. The molecule has 30 nitrogen and oxygen atoms in total. The molecule has 0 saturated carbocycles. The van der Waals surface area contributed by atoms with Crippen molar-refractivity contribution in [2.75, 3.05) is 89.9 Å². The molecular formula is C59H73N13O17S3. The molecule has 0 spiro atoms. The number of rotatable bonds is 38. The van der Waals surface area contributed by atoms with Crippen LogP contribution in [-0.2, 0) is 65.1 Å². The van der Waals surface area contributed by atoms with Gasteiger partial charge in [-0.3, -0.25) is 33.8 Å². The summed E-state index contributed by atoms with van der Waals surface area (Å²) in [5.41, 5.74) is 5.16. The Morgan fingerprint density at radius 1 is 0.696 bits per heavy atom. The van der Waals surface area contributed by atoms with Crippen LogP contribution in [0.5, 0.6) is 0 Å². The molecule has 0 radical (unpaired) electrons. The lowest BCUT2D eigenvalue weighted by atomic mass is 10.1. The fourth-order valence-electron chi connectivity index (χ4n) is 8.40. The number of carbonyl (C=O) groups excluding carboxylic acids is 3. The maximum atomic E-state index is 13.0. The number of carboxylic acid groups (broad SMARTS) is 2. The lowest BCUT2D eigenvalue weighted by molar-refractivity contribution is -0.140. The molecule has 4 aromatic carbocycles. The first-order valence-corrected chi connectivity index (χ1v) is 33.5. The van der Waals surface area contributed by atoms with E-state index in [0.29, 0.717) is 82.8 Å². The van der Waals surface area contributed by atoms with E-state index in [9.17, 15) is 64.0 Å². The van der Waals surface area contributed by atoms with Gasteiger partial charge in [0.25, 0.3) is 21.9 Å². The summed E-state index contributed by atoms with van der Waals surface area (Å²) in [6.07, 6.45) is 10.6. The van der Waals surface area contributed by atoms with Crippen LogP contribution in [-0.4, -0.2) is 192 Å². The van der Waals surface area contributed by atoms with Crippen LogP contribution in [0.25, 0.3) is 22.0 Å². The molecule has 7 aromatic rings. The monoisotopic (exact) mass is 1330 g/mol. The molecule has 3 heterocycles. The van der Waals surface area contributed by atoms with Crippen LogP contribution in [0.15, 0.2) is 148 Å². The van der Waals surface area contributed by atoms with Crippen LogP contribution in [0, 0.1) is 0 Å². The number of sulfone groups is 1. The average Bonchev–Trinajstić information content (AvgIpc) is 1.35. The highest BCUT2D eigenvalue weighted by molar-refractivity contribution is 7.90. The standard InChI is InChI=1S/C30H31N7O7S2.C29H42N6O10S/c1-45(41,42)24-8-3-20(4-9-24)21-5-10-25(11-6-21)46(43,44)36-26(29(39)40)19-34-28(38)22-7-12-27-23(17-22)18-35-37(27)16-2-13-31-30-32-14-15-33-30;1-30-12-4-14-43-16-18-45-19-17-44-15-5-13-31-27(36)11-9-24(29(38)39)34-28(37)23-8-10-26(32-20-23)35-33-21-22-6-2-3-7-25(22)46(40,41)42/h3-12,14-15,17-18,26,36H,2,13,16,19H2,1H3,(H,34,38)(H,39,40)(H2,31,32,33);2-3,6-8,10,20-21,24,30H,4-5,9,11-19H2,1H3,(H,31,36)(H,32,35)(H,34,37)(H,38,39)(H,40,41,42)/b;33-21+. The summed E-state index contributed by atoms with van der Waals surface area (Å²) >= 11 is 0. The van der Waals surface area contributed by atoms with Gasteiger partial charge < -0.3 is 56.0 Å². The predicted octanol–water partition coefficient (Wildman–Crippen LogP) is 3.40. The second kappa shape index (κ2) is 36.1. The summed E-state index contributed by atoms with van der Waals surface area (Å²) in [6.45, 7) is 5.07. The van der Waals surface area contributed by atoms with Gasteiger partial charge in [0.1, 0.15) is 22.8 Å². The van der Waals surface area contributed by atoms with Crippen LogP contribution in [0.4, 0.5) is 11.8 Å². The largest absolute Gasteiger partial charge is 0.480 e. The number of pyridine rings is 1. The number of nitrogens with zero attached hydrogens (tertiary/aromatic N) is 5. The number of nitrogens with one attached hydrogen (secondary N) is 8. The van der Waals surface area contributed by atoms with Crippen molar-refractivity contribution in [2.45, 2.75) is 65.4 Å². The molecule has 3 aromatic heterocycles. The zero-order valence-corrected chi connectivity index (χ0v) is 52.6. The lowest BCUT2D eigenvalue weighted by Gasteiger charge is -2.16. The van der Waals surface area contributed by atoms with Crippen molar-refractivity contribution < 1.29 is 78.2 Å². The maximum absolute atomic E-state index is 13.0. The van der Waals surface area contributed by atoms with Crippen LogP contribution in [0.2, 0.25) is 0 Å². The first-order chi connectivity index (χ1) is 44.0. The van der Waals surface area contributed by atoms with Crippen molar-refractivity contribution in [3.8, 4) is 11.1 Å². The van der Waals surface area contributed by atoms with E-state index < -0.39 is 72.4 Å². The highest BCUT2D eigenvalue weighted by atomic mass is 32.2. The number of hydrazone groups is 1. The number of hydrogen-bond acceptors (Lipinski definition) is 21. The van der Waals surface area contributed by atoms with Crippen LogP contribution < -0.4 is 36.7 Å². The second-order valence-electron chi connectivity index (χ2n) is 20.1. The Labute approximate surface area is 531 Å². The Balaban J connectivity index is 0.000000292. The third-order valence-electron chi connectivity index (χ3n) is 13.2. The number of fused-ring (bicyclic) bond motifs is 1. The molecule has 0 aliphatic carbocycles. The maximum Gasteiger partial charge on any atom is 0.326 e. The Hall–Kier alpha value is -9.06. The summed E-state index contributed by atoms with van der Waals surface area (Å²) in [4.78, 5) is 72.0. The van der Waals surface area contributed by atoms with E-state index >= 15 is 0 Å². The van der Waals surface area contributed by atoms with Gasteiger partial charge in [-0.2, -0.15) is 23.3 Å². The van der Waals surface area contributed by atoms with Crippen molar-refractivity contribution in [2.24, 2.45) is 5.10 Å². The van der Waals surface area contributed by atoms with E-state index in [1.165, 1.54) is 79.1 Å².